The van der Waals surface area contributed by atoms with E-state index in [1.807, 2.05) is 36.4 Å². The van der Waals surface area contributed by atoms with Gasteiger partial charge in [-0.25, -0.2) is 10.1 Å². The number of nitrogens with zero attached hydrogens (tertiary/aromatic N) is 4. The van der Waals surface area contributed by atoms with Gasteiger partial charge < -0.3 is 4.74 Å². The number of carbonyl (C=O) groups excluding carboxylic acids is 1. The molecule has 0 fully saturated rings. The summed E-state index contributed by atoms with van der Waals surface area (Å²) in [5.41, 5.74) is 4.42. The van der Waals surface area contributed by atoms with Gasteiger partial charge in [-0.15, -0.1) is 0 Å². The molecule has 1 heterocycles. The van der Waals surface area contributed by atoms with Gasteiger partial charge in [-0.3, -0.25) is 4.79 Å². The molecule has 0 unspecified atom stereocenters. The highest BCUT2D eigenvalue weighted by Gasteiger charge is 2.05. The van der Waals surface area contributed by atoms with Crippen molar-refractivity contribution in [3.63, 3.8) is 0 Å². The summed E-state index contributed by atoms with van der Waals surface area (Å²) in [7, 11) is 0. The van der Waals surface area contributed by atoms with Crippen LogP contribution in [0.25, 0.3) is 5.69 Å². The molecule has 0 atom stereocenters. The van der Waals surface area contributed by atoms with Crippen LogP contribution in [0.4, 0.5) is 0 Å². The van der Waals surface area contributed by atoms with Gasteiger partial charge in [0.05, 0.1) is 23.7 Å². The highest BCUT2D eigenvalue weighted by atomic mass is 16.5. The van der Waals surface area contributed by atoms with E-state index in [4.69, 9.17) is 10.00 Å². The predicted octanol–water partition coefficient (Wildman–Crippen LogP) is 2.27. The average molecular weight is 345 g/mol. The topological polar surface area (TPSA) is 92.3 Å². The van der Waals surface area contributed by atoms with Crippen LogP contribution >= 0.6 is 0 Å². The van der Waals surface area contributed by atoms with E-state index in [2.05, 4.69) is 15.6 Å². The van der Waals surface area contributed by atoms with E-state index < -0.39 is 5.91 Å². The maximum Gasteiger partial charge on any atom is 0.277 e. The predicted molar refractivity (Wildman–Crippen MR) is 96.0 cm³/mol. The number of para-hydroxylation sites is 2. The lowest BCUT2D eigenvalue weighted by atomic mass is 10.2. The summed E-state index contributed by atoms with van der Waals surface area (Å²) in [6.07, 6.45) is 4.93. The monoisotopic (exact) mass is 345 g/mol. The Morgan fingerprint density at radius 2 is 2.00 bits per heavy atom. The highest BCUT2D eigenvalue weighted by molar-refractivity contribution is 5.82. The number of carbonyl (C=O) groups is 1. The fraction of sp³-hybridized carbons (Fsp3) is 0.0526. The van der Waals surface area contributed by atoms with Crippen LogP contribution in [0.1, 0.15) is 11.1 Å². The first-order chi connectivity index (χ1) is 12.8. The lowest BCUT2D eigenvalue weighted by Gasteiger charge is -2.05. The van der Waals surface area contributed by atoms with Gasteiger partial charge in [-0.1, -0.05) is 30.3 Å². The second kappa shape index (κ2) is 8.26. The molecule has 1 amide bonds. The van der Waals surface area contributed by atoms with E-state index in [1.165, 1.54) is 6.21 Å². The Kier molecular flexibility index (Phi) is 5.38. The van der Waals surface area contributed by atoms with Gasteiger partial charge in [0.15, 0.2) is 6.61 Å². The van der Waals surface area contributed by atoms with Crippen molar-refractivity contribution in [3.05, 3.63) is 78.1 Å². The molecule has 0 aliphatic rings. The molecule has 0 aliphatic heterocycles. The SMILES string of the molecule is N#Cc1ccccc1OCC(=O)N/N=C\c1cnn(-c2ccccc2)c1. The van der Waals surface area contributed by atoms with Crippen LogP contribution in [0.3, 0.4) is 0 Å². The molecule has 7 heteroatoms. The number of rotatable bonds is 6. The summed E-state index contributed by atoms with van der Waals surface area (Å²) < 4.78 is 7.04. The van der Waals surface area contributed by atoms with Crippen LogP contribution in [-0.2, 0) is 4.79 Å². The quantitative estimate of drug-likeness (QED) is 0.548. The Bertz CT molecular complexity index is 957. The van der Waals surface area contributed by atoms with Crippen molar-refractivity contribution in [2.45, 2.75) is 0 Å². The number of hydrogen-bond donors (Lipinski definition) is 1. The van der Waals surface area contributed by atoms with Crippen molar-refractivity contribution in [3.8, 4) is 17.5 Å². The number of hydrogen-bond acceptors (Lipinski definition) is 5. The summed E-state index contributed by atoms with van der Waals surface area (Å²) in [5.74, 6) is -0.0669. The highest BCUT2D eigenvalue weighted by Crippen LogP contribution is 2.16. The number of ether oxygens (including phenoxy) is 1. The lowest BCUT2D eigenvalue weighted by Crippen LogP contribution is -2.24. The molecule has 0 bridgehead atoms. The molecule has 0 saturated heterocycles. The fourth-order valence-electron chi connectivity index (χ4n) is 2.16. The number of hydrazone groups is 1. The van der Waals surface area contributed by atoms with Crippen molar-refractivity contribution in [1.82, 2.24) is 15.2 Å². The summed E-state index contributed by atoms with van der Waals surface area (Å²) in [6, 6.07) is 18.4. The van der Waals surface area contributed by atoms with Gasteiger partial charge >= 0.3 is 0 Å². The molecule has 0 saturated carbocycles. The first kappa shape index (κ1) is 16.9. The van der Waals surface area contributed by atoms with Crippen molar-refractivity contribution in [2.75, 3.05) is 6.61 Å². The van der Waals surface area contributed by atoms with Gasteiger partial charge in [-0.2, -0.15) is 15.5 Å². The van der Waals surface area contributed by atoms with Crippen molar-refractivity contribution >= 4 is 12.1 Å². The Balaban J connectivity index is 1.52. The minimum atomic E-state index is -0.426. The Morgan fingerprint density at radius 1 is 1.23 bits per heavy atom. The molecule has 1 N–H and O–H groups in total. The summed E-state index contributed by atoms with van der Waals surface area (Å²) >= 11 is 0. The van der Waals surface area contributed by atoms with Crippen LogP contribution in [0.2, 0.25) is 0 Å². The summed E-state index contributed by atoms with van der Waals surface area (Å²) in [4.78, 5) is 11.8. The number of amides is 1. The van der Waals surface area contributed by atoms with E-state index in [1.54, 1.807) is 41.3 Å². The van der Waals surface area contributed by atoms with Gasteiger partial charge in [0, 0.05) is 11.8 Å². The normalized spacial score (nSPS) is 10.4. The third-order valence-corrected chi connectivity index (χ3v) is 3.39. The van der Waals surface area contributed by atoms with Gasteiger partial charge in [-0.05, 0) is 24.3 Å². The van der Waals surface area contributed by atoms with Crippen LogP contribution in [0.5, 0.6) is 5.75 Å². The standard InChI is InChI=1S/C19H15N5O2/c20-10-16-6-4-5-9-18(16)26-14-19(25)23-21-11-15-12-22-24(13-15)17-7-2-1-3-8-17/h1-9,11-13H,14H2,(H,23,25)/b21-11-. The zero-order valence-electron chi connectivity index (χ0n) is 13.7. The van der Waals surface area contributed by atoms with Crippen LogP contribution in [-0.4, -0.2) is 28.5 Å². The number of nitriles is 1. The first-order valence-corrected chi connectivity index (χ1v) is 7.80. The van der Waals surface area contributed by atoms with Crippen LogP contribution < -0.4 is 10.2 Å². The molecular formula is C19H15N5O2. The summed E-state index contributed by atoms with van der Waals surface area (Å²) in [5, 5.41) is 17.1. The van der Waals surface area contributed by atoms with Crippen molar-refractivity contribution < 1.29 is 9.53 Å². The smallest absolute Gasteiger partial charge is 0.277 e. The molecular weight excluding hydrogens is 330 g/mol. The molecule has 1 aromatic heterocycles. The Labute approximate surface area is 150 Å². The van der Waals surface area contributed by atoms with Gasteiger partial charge in [0.2, 0.25) is 0 Å². The lowest BCUT2D eigenvalue weighted by molar-refractivity contribution is -0.123. The second-order valence-electron chi connectivity index (χ2n) is 5.24. The molecule has 26 heavy (non-hydrogen) atoms. The largest absolute Gasteiger partial charge is 0.482 e. The van der Waals surface area contributed by atoms with Crippen LogP contribution in [0.15, 0.2) is 72.1 Å². The molecule has 3 aromatic rings. The van der Waals surface area contributed by atoms with E-state index in [0.29, 0.717) is 11.3 Å². The molecule has 3 rings (SSSR count). The minimum absolute atomic E-state index is 0.237. The maximum atomic E-state index is 11.8. The fourth-order valence-corrected chi connectivity index (χ4v) is 2.16. The van der Waals surface area contributed by atoms with E-state index in [9.17, 15) is 4.79 Å². The number of aromatic nitrogens is 2. The molecule has 0 aliphatic carbocycles. The average Bonchev–Trinajstić information content (AvgIpc) is 3.16. The minimum Gasteiger partial charge on any atom is -0.482 e. The molecule has 7 nitrogen and oxygen atoms in total. The number of benzene rings is 2. The first-order valence-electron chi connectivity index (χ1n) is 7.80. The maximum absolute atomic E-state index is 11.8. The Morgan fingerprint density at radius 3 is 2.81 bits per heavy atom. The van der Waals surface area contributed by atoms with Crippen molar-refractivity contribution in [1.29, 1.82) is 5.26 Å². The van der Waals surface area contributed by atoms with E-state index in [0.717, 1.165) is 11.3 Å². The molecule has 0 radical (unpaired) electrons. The molecule has 2 aromatic carbocycles. The van der Waals surface area contributed by atoms with Crippen LogP contribution in [0, 0.1) is 11.3 Å². The third-order valence-electron chi connectivity index (χ3n) is 3.39. The van der Waals surface area contributed by atoms with E-state index in [-0.39, 0.29) is 6.61 Å². The molecule has 128 valence electrons. The van der Waals surface area contributed by atoms with Crippen molar-refractivity contribution in [2.24, 2.45) is 5.10 Å². The third kappa shape index (κ3) is 4.33. The van der Waals surface area contributed by atoms with E-state index >= 15 is 0 Å². The Hall–Kier alpha value is -3.92. The zero-order valence-corrected chi connectivity index (χ0v) is 13.7. The molecule has 0 spiro atoms. The summed E-state index contributed by atoms with van der Waals surface area (Å²) in [6.45, 7) is -0.237. The second-order valence-corrected chi connectivity index (χ2v) is 5.24. The van der Waals surface area contributed by atoms with Gasteiger partial charge in [0.1, 0.15) is 11.8 Å². The zero-order chi connectivity index (χ0) is 18.2. The van der Waals surface area contributed by atoms with Gasteiger partial charge in [0.25, 0.3) is 5.91 Å². The number of nitrogens with one attached hydrogen (secondary N) is 1.